The van der Waals surface area contributed by atoms with E-state index >= 15 is 0 Å². The Balaban J connectivity index is 1.77. The molecule has 1 aromatic heterocycles. The Labute approximate surface area is 203 Å². The molecule has 0 radical (unpaired) electrons. The Morgan fingerprint density at radius 3 is 2.29 bits per heavy atom. The largest absolute Gasteiger partial charge is 0.452 e. The normalized spacial score (nSPS) is 11.8. The summed E-state index contributed by atoms with van der Waals surface area (Å²) in [7, 11) is 0. The third-order valence-electron chi connectivity index (χ3n) is 5.50. The van der Waals surface area contributed by atoms with Crippen LogP contribution in [0.25, 0.3) is 28.4 Å². The molecule has 1 heterocycles. The summed E-state index contributed by atoms with van der Waals surface area (Å²) in [6.07, 6.45) is 2.87. The molecule has 0 aliphatic heterocycles. The predicted octanol–water partition coefficient (Wildman–Crippen LogP) is 7.34. The number of ether oxygens (including phenoxy) is 1. The topological polar surface area (TPSA) is 56.5 Å². The minimum Gasteiger partial charge on any atom is -0.452 e. The van der Waals surface area contributed by atoms with Gasteiger partial charge in [0, 0.05) is 16.7 Å². The number of fused-ring (bicyclic) bond motifs is 1. The fourth-order valence-electron chi connectivity index (χ4n) is 3.56. The van der Waals surface area contributed by atoms with Crippen molar-refractivity contribution in [3.8, 4) is 17.1 Å². The molecule has 3 aromatic carbocycles. The molecular weight excluding hydrogens is 448 g/mol. The Morgan fingerprint density at radius 2 is 1.65 bits per heavy atom. The van der Waals surface area contributed by atoms with Crippen LogP contribution in [0.2, 0.25) is 5.02 Å². The summed E-state index contributed by atoms with van der Waals surface area (Å²) in [5.74, 6) is -0.594. The van der Waals surface area contributed by atoms with Gasteiger partial charge in [0.25, 0.3) is 0 Å². The van der Waals surface area contributed by atoms with Crippen LogP contribution in [0.3, 0.4) is 0 Å². The molecule has 0 bridgehead atoms. The van der Waals surface area contributed by atoms with Crippen molar-refractivity contribution in [2.24, 2.45) is 0 Å². The van der Waals surface area contributed by atoms with Crippen molar-refractivity contribution in [1.82, 2.24) is 0 Å². The van der Waals surface area contributed by atoms with Gasteiger partial charge in [-0.2, -0.15) is 0 Å². The number of benzene rings is 3. The van der Waals surface area contributed by atoms with Crippen LogP contribution >= 0.6 is 11.6 Å². The van der Waals surface area contributed by atoms with Crippen LogP contribution in [0.15, 0.2) is 82.0 Å². The van der Waals surface area contributed by atoms with Crippen molar-refractivity contribution in [3.63, 3.8) is 0 Å². The third-order valence-corrected chi connectivity index (χ3v) is 5.76. The molecular formula is C29H25ClO4. The number of carbonyl (C=O) groups is 1. The van der Waals surface area contributed by atoms with Gasteiger partial charge >= 0.3 is 5.97 Å². The van der Waals surface area contributed by atoms with E-state index in [4.69, 9.17) is 20.8 Å². The van der Waals surface area contributed by atoms with E-state index in [1.807, 2.05) is 37.3 Å². The van der Waals surface area contributed by atoms with Gasteiger partial charge in [-0.3, -0.25) is 4.79 Å². The van der Waals surface area contributed by atoms with Crippen molar-refractivity contribution in [1.29, 1.82) is 0 Å². The standard InChI is InChI=1S/C29H25ClO4/c1-18-5-15-23-24(17-18)33-27(20-9-11-21(12-10-20)29(2,3)4)28(26(23)32)34-25(31)16-8-19-6-13-22(30)14-7-19/h5-17H,1-4H3/b16-8+. The van der Waals surface area contributed by atoms with E-state index in [-0.39, 0.29) is 16.9 Å². The van der Waals surface area contributed by atoms with Crippen LogP contribution in [0, 0.1) is 6.92 Å². The fraction of sp³-hybridized carbons (Fsp3) is 0.172. The number of aryl methyl sites for hydroxylation is 1. The first-order valence-electron chi connectivity index (χ1n) is 11.0. The maximum absolute atomic E-state index is 13.3. The Morgan fingerprint density at radius 1 is 0.971 bits per heavy atom. The zero-order valence-corrected chi connectivity index (χ0v) is 20.3. The van der Waals surface area contributed by atoms with E-state index in [0.29, 0.717) is 21.6 Å². The highest BCUT2D eigenvalue weighted by atomic mass is 35.5. The van der Waals surface area contributed by atoms with Crippen LogP contribution in [-0.2, 0) is 10.2 Å². The molecule has 0 fully saturated rings. The summed E-state index contributed by atoms with van der Waals surface area (Å²) in [5, 5.41) is 0.955. The van der Waals surface area contributed by atoms with Gasteiger partial charge in [0.15, 0.2) is 5.76 Å². The molecule has 0 spiro atoms. The van der Waals surface area contributed by atoms with E-state index in [9.17, 15) is 9.59 Å². The second kappa shape index (κ2) is 9.32. The highest BCUT2D eigenvalue weighted by Crippen LogP contribution is 2.33. The lowest BCUT2D eigenvalue weighted by Gasteiger charge is -2.19. The van der Waals surface area contributed by atoms with Gasteiger partial charge in [0.1, 0.15) is 5.58 Å². The zero-order chi connectivity index (χ0) is 24.5. The number of rotatable bonds is 4. The summed E-state index contributed by atoms with van der Waals surface area (Å²) in [5.41, 5.74) is 3.54. The first-order chi connectivity index (χ1) is 16.1. The SMILES string of the molecule is Cc1ccc2c(=O)c(OC(=O)/C=C/c3ccc(Cl)cc3)c(-c3ccc(C(C)(C)C)cc3)oc2c1. The quantitative estimate of drug-likeness (QED) is 0.230. The van der Waals surface area contributed by atoms with Gasteiger partial charge in [0.2, 0.25) is 11.2 Å². The zero-order valence-electron chi connectivity index (χ0n) is 19.5. The maximum atomic E-state index is 13.3. The third kappa shape index (κ3) is 5.13. The van der Waals surface area contributed by atoms with Crippen molar-refractivity contribution in [3.05, 3.63) is 105 Å². The fourth-order valence-corrected chi connectivity index (χ4v) is 3.69. The highest BCUT2D eigenvalue weighted by molar-refractivity contribution is 6.30. The van der Waals surface area contributed by atoms with Crippen molar-refractivity contribution in [2.45, 2.75) is 33.1 Å². The highest BCUT2D eigenvalue weighted by Gasteiger charge is 2.21. The Bertz CT molecular complexity index is 1440. The molecule has 0 unspecified atom stereocenters. The molecule has 4 rings (SSSR count). The number of hydrogen-bond acceptors (Lipinski definition) is 4. The second-order valence-corrected chi connectivity index (χ2v) is 9.66. The van der Waals surface area contributed by atoms with Gasteiger partial charge < -0.3 is 9.15 Å². The molecule has 5 heteroatoms. The average molecular weight is 473 g/mol. The Kier molecular flexibility index (Phi) is 6.45. The van der Waals surface area contributed by atoms with Crippen LogP contribution in [0.1, 0.15) is 37.5 Å². The van der Waals surface area contributed by atoms with Crippen molar-refractivity contribution < 1.29 is 13.9 Å². The molecule has 172 valence electrons. The molecule has 4 aromatic rings. The molecule has 0 amide bonds. The summed E-state index contributed by atoms with van der Waals surface area (Å²) >= 11 is 5.91. The van der Waals surface area contributed by atoms with Crippen LogP contribution in [0.4, 0.5) is 0 Å². The average Bonchev–Trinajstić information content (AvgIpc) is 2.80. The summed E-state index contributed by atoms with van der Waals surface area (Å²) in [6.45, 7) is 8.30. The molecule has 0 N–H and O–H groups in total. The maximum Gasteiger partial charge on any atom is 0.336 e. The first kappa shape index (κ1) is 23.5. The van der Waals surface area contributed by atoms with Crippen molar-refractivity contribution >= 4 is 34.6 Å². The molecule has 34 heavy (non-hydrogen) atoms. The van der Waals surface area contributed by atoms with Crippen LogP contribution in [0.5, 0.6) is 5.75 Å². The number of halogens is 1. The van der Waals surface area contributed by atoms with E-state index in [1.165, 1.54) is 6.08 Å². The van der Waals surface area contributed by atoms with E-state index in [2.05, 4.69) is 20.8 Å². The van der Waals surface area contributed by atoms with Crippen molar-refractivity contribution in [2.75, 3.05) is 0 Å². The van der Waals surface area contributed by atoms with E-state index in [1.54, 1.807) is 42.5 Å². The lowest BCUT2D eigenvalue weighted by molar-refractivity contribution is -0.129. The second-order valence-electron chi connectivity index (χ2n) is 9.22. The van der Waals surface area contributed by atoms with E-state index in [0.717, 1.165) is 16.7 Å². The Hall–Kier alpha value is -3.63. The molecule has 0 atom stereocenters. The van der Waals surface area contributed by atoms with Gasteiger partial charge in [-0.15, -0.1) is 0 Å². The van der Waals surface area contributed by atoms with E-state index < -0.39 is 11.4 Å². The number of carbonyl (C=O) groups excluding carboxylic acids is 1. The number of esters is 1. The van der Waals surface area contributed by atoms with Gasteiger partial charge in [-0.1, -0.05) is 74.8 Å². The number of hydrogen-bond donors (Lipinski definition) is 0. The molecule has 0 saturated heterocycles. The molecule has 0 aliphatic carbocycles. The van der Waals surface area contributed by atoms with Gasteiger partial charge in [-0.25, -0.2) is 4.79 Å². The minimum atomic E-state index is -0.679. The lowest BCUT2D eigenvalue weighted by atomic mass is 9.86. The summed E-state index contributed by atoms with van der Waals surface area (Å²) in [4.78, 5) is 26.0. The molecule has 0 saturated carbocycles. The predicted molar refractivity (Wildman–Crippen MR) is 137 cm³/mol. The smallest absolute Gasteiger partial charge is 0.336 e. The first-order valence-corrected chi connectivity index (χ1v) is 11.3. The summed E-state index contributed by atoms with van der Waals surface area (Å²) in [6, 6.07) is 20.1. The minimum absolute atomic E-state index is 0.0262. The van der Waals surface area contributed by atoms with Crippen LogP contribution < -0.4 is 10.2 Å². The molecule has 0 aliphatic rings. The van der Waals surface area contributed by atoms with Gasteiger partial charge in [0.05, 0.1) is 5.39 Å². The summed E-state index contributed by atoms with van der Waals surface area (Å²) < 4.78 is 11.7. The lowest BCUT2D eigenvalue weighted by Crippen LogP contribution is -2.14. The molecule has 4 nitrogen and oxygen atoms in total. The van der Waals surface area contributed by atoms with Gasteiger partial charge in [-0.05, 0) is 59.4 Å². The van der Waals surface area contributed by atoms with Crippen LogP contribution in [-0.4, -0.2) is 5.97 Å². The monoisotopic (exact) mass is 472 g/mol.